The van der Waals surface area contributed by atoms with Crippen LogP contribution in [0.3, 0.4) is 0 Å². The standard InChI is InChI=1S/C12H24N2O3/c1-9-2-3-10(13)8-11(9)12(17)14(4-6-15)5-7-16/h9-11,15-16H,2-8,13H2,1H3. The predicted molar refractivity (Wildman–Crippen MR) is 65.2 cm³/mol. The van der Waals surface area contributed by atoms with Crippen molar-refractivity contribution >= 4 is 5.91 Å². The second kappa shape index (κ2) is 6.93. The minimum atomic E-state index is -0.0705. The van der Waals surface area contributed by atoms with E-state index in [4.69, 9.17) is 15.9 Å². The van der Waals surface area contributed by atoms with E-state index in [0.717, 1.165) is 12.8 Å². The van der Waals surface area contributed by atoms with E-state index < -0.39 is 0 Å². The number of aliphatic hydroxyl groups excluding tert-OH is 2. The van der Waals surface area contributed by atoms with E-state index in [1.165, 1.54) is 0 Å². The molecular weight excluding hydrogens is 220 g/mol. The lowest BCUT2D eigenvalue weighted by Crippen LogP contribution is -2.45. The SMILES string of the molecule is CC1CCC(N)CC1C(=O)N(CCO)CCO. The third kappa shape index (κ3) is 3.94. The number of rotatable bonds is 5. The lowest BCUT2D eigenvalue weighted by molar-refractivity contribution is -0.139. The minimum absolute atomic E-state index is 0.0238. The van der Waals surface area contributed by atoms with Crippen molar-refractivity contribution in [2.75, 3.05) is 26.3 Å². The van der Waals surface area contributed by atoms with Crippen molar-refractivity contribution in [1.82, 2.24) is 4.90 Å². The van der Waals surface area contributed by atoms with Gasteiger partial charge in [-0.05, 0) is 25.2 Å². The molecule has 0 radical (unpaired) electrons. The van der Waals surface area contributed by atoms with E-state index in [0.29, 0.717) is 12.3 Å². The summed E-state index contributed by atoms with van der Waals surface area (Å²) < 4.78 is 0. The van der Waals surface area contributed by atoms with Gasteiger partial charge in [0.05, 0.1) is 13.2 Å². The molecule has 1 aliphatic rings. The third-order valence-electron chi connectivity index (χ3n) is 3.61. The van der Waals surface area contributed by atoms with Crippen LogP contribution in [0, 0.1) is 11.8 Å². The Hall–Kier alpha value is -0.650. The zero-order chi connectivity index (χ0) is 12.8. The lowest BCUT2D eigenvalue weighted by Gasteiger charge is -2.35. The zero-order valence-electron chi connectivity index (χ0n) is 10.5. The second-order valence-corrected chi connectivity index (χ2v) is 4.93. The number of aliphatic hydroxyl groups is 2. The maximum Gasteiger partial charge on any atom is 0.226 e. The summed E-state index contributed by atoms with van der Waals surface area (Å²) >= 11 is 0. The molecule has 1 amide bonds. The van der Waals surface area contributed by atoms with E-state index in [-0.39, 0.29) is 44.2 Å². The van der Waals surface area contributed by atoms with Gasteiger partial charge in [0.25, 0.3) is 0 Å². The Morgan fingerprint density at radius 3 is 2.41 bits per heavy atom. The van der Waals surface area contributed by atoms with Crippen molar-refractivity contribution < 1.29 is 15.0 Å². The number of nitrogens with two attached hydrogens (primary N) is 1. The number of carbonyl (C=O) groups excluding carboxylic acids is 1. The number of amides is 1. The molecule has 0 bridgehead atoms. The molecule has 1 aliphatic carbocycles. The van der Waals surface area contributed by atoms with E-state index in [1.54, 1.807) is 4.90 Å². The maximum absolute atomic E-state index is 12.3. The van der Waals surface area contributed by atoms with Gasteiger partial charge in [-0.15, -0.1) is 0 Å². The van der Waals surface area contributed by atoms with Crippen molar-refractivity contribution in [2.24, 2.45) is 17.6 Å². The molecule has 5 nitrogen and oxygen atoms in total. The molecule has 0 aliphatic heterocycles. The van der Waals surface area contributed by atoms with Crippen LogP contribution in [0.15, 0.2) is 0 Å². The largest absolute Gasteiger partial charge is 0.395 e. The highest BCUT2D eigenvalue weighted by molar-refractivity contribution is 5.79. The molecule has 4 N–H and O–H groups in total. The van der Waals surface area contributed by atoms with Crippen molar-refractivity contribution in [3.63, 3.8) is 0 Å². The van der Waals surface area contributed by atoms with E-state index in [1.807, 2.05) is 0 Å². The Bertz CT molecular complexity index is 242. The van der Waals surface area contributed by atoms with Crippen molar-refractivity contribution in [3.05, 3.63) is 0 Å². The van der Waals surface area contributed by atoms with Crippen molar-refractivity contribution in [3.8, 4) is 0 Å². The van der Waals surface area contributed by atoms with Crippen LogP contribution in [0.4, 0.5) is 0 Å². The summed E-state index contributed by atoms with van der Waals surface area (Å²) in [6.07, 6.45) is 2.67. The second-order valence-electron chi connectivity index (χ2n) is 4.93. The molecule has 3 atom stereocenters. The van der Waals surface area contributed by atoms with Gasteiger partial charge < -0.3 is 20.8 Å². The Balaban J connectivity index is 2.63. The zero-order valence-corrected chi connectivity index (χ0v) is 10.5. The Morgan fingerprint density at radius 1 is 1.29 bits per heavy atom. The highest BCUT2D eigenvalue weighted by atomic mass is 16.3. The topological polar surface area (TPSA) is 86.8 Å². The summed E-state index contributed by atoms with van der Waals surface area (Å²) in [6, 6.07) is 0.102. The molecule has 0 aromatic heterocycles. The van der Waals surface area contributed by atoms with Gasteiger partial charge in [0.15, 0.2) is 0 Å². The van der Waals surface area contributed by atoms with Gasteiger partial charge in [0, 0.05) is 25.0 Å². The van der Waals surface area contributed by atoms with Crippen LogP contribution in [0.2, 0.25) is 0 Å². The quantitative estimate of drug-likeness (QED) is 0.612. The summed E-state index contributed by atoms with van der Waals surface area (Å²) in [5, 5.41) is 17.9. The molecule has 0 heterocycles. The van der Waals surface area contributed by atoms with E-state index >= 15 is 0 Å². The van der Waals surface area contributed by atoms with Gasteiger partial charge in [-0.1, -0.05) is 6.92 Å². The van der Waals surface area contributed by atoms with E-state index in [2.05, 4.69) is 6.92 Å². The Kier molecular flexibility index (Phi) is 5.88. The number of hydrogen-bond donors (Lipinski definition) is 3. The summed E-state index contributed by atoms with van der Waals surface area (Å²) in [7, 11) is 0. The number of nitrogens with zero attached hydrogens (tertiary/aromatic N) is 1. The molecule has 0 saturated heterocycles. The van der Waals surface area contributed by atoms with Crippen LogP contribution < -0.4 is 5.73 Å². The lowest BCUT2D eigenvalue weighted by atomic mass is 9.77. The summed E-state index contributed by atoms with van der Waals surface area (Å²) in [4.78, 5) is 13.8. The highest BCUT2D eigenvalue weighted by Crippen LogP contribution is 2.30. The summed E-state index contributed by atoms with van der Waals surface area (Å²) in [5.41, 5.74) is 5.90. The first-order valence-corrected chi connectivity index (χ1v) is 6.36. The predicted octanol–water partition coefficient (Wildman–Crippen LogP) is -0.437. The molecule has 1 saturated carbocycles. The Morgan fingerprint density at radius 2 is 1.88 bits per heavy atom. The monoisotopic (exact) mass is 244 g/mol. The van der Waals surface area contributed by atoms with Crippen molar-refractivity contribution in [1.29, 1.82) is 0 Å². The molecule has 0 spiro atoms. The molecule has 0 aromatic rings. The van der Waals surface area contributed by atoms with Gasteiger partial charge in [0.1, 0.15) is 0 Å². The fraction of sp³-hybridized carbons (Fsp3) is 0.917. The molecule has 3 unspecified atom stereocenters. The molecule has 1 fully saturated rings. The van der Waals surface area contributed by atoms with Crippen molar-refractivity contribution in [2.45, 2.75) is 32.2 Å². The molecule has 0 aromatic carbocycles. The van der Waals surface area contributed by atoms with Gasteiger partial charge in [-0.25, -0.2) is 0 Å². The van der Waals surface area contributed by atoms with Gasteiger partial charge in [-0.2, -0.15) is 0 Å². The van der Waals surface area contributed by atoms with Crippen LogP contribution in [-0.2, 0) is 4.79 Å². The number of hydrogen-bond acceptors (Lipinski definition) is 4. The van der Waals surface area contributed by atoms with Crippen LogP contribution >= 0.6 is 0 Å². The van der Waals surface area contributed by atoms with Gasteiger partial charge >= 0.3 is 0 Å². The van der Waals surface area contributed by atoms with Gasteiger partial charge in [0.2, 0.25) is 5.91 Å². The highest BCUT2D eigenvalue weighted by Gasteiger charge is 2.33. The maximum atomic E-state index is 12.3. The first kappa shape index (κ1) is 14.4. The van der Waals surface area contributed by atoms with Crippen LogP contribution in [0.1, 0.15) is 26.2 Å². The average molecular weight is 244 g/mol. The first-order valence-electron chi connectivity index (χ1n) is 6.36. The van der Waals surface area contributed by atoms with Gasteiger partial charge in [-0.3, -0.25) is 4.79 Å². The normalized spacial score (nSPS) is 29.1. The minimum Gasteiger partial charge on any atom is -0.395 e. The van der Waals surface area contributed by atoms with Crippen LogP contribution in [-0.4, -0.2) is 53.4 Å². The summed E-state index contributed by atoms with van der Waals surface area (Å²) in [6.45, 7) is 2.51. The Labute approximate surface area is 103 Å². The summed E-state index contributed by atoms with van der Waals surface area (Å²) in [5.74, 6) is 0.301. The first-order chi connectivity index (χ1) is 8.10. The molecule has 100 valence electrons. The fourth-order valence-electron chi connectivity index (χ4n) is 2.51. The average Bonchev–Trinajstić information content (AvgIpc) is 2.31. The smallest absolute Gasteiger partial charge is 0.226 e. The molecular formula is C12H24N2O3. The van der Waals surface area contributed by atoms with Crippen LogP contribution in [0.5, 0.6) is 0 Å². The third-order valence-corrected chi connectivity index (χ3v) is 3.61. The molecule has 1 rings (SSSR count). The van der Waals surface area contributed by atoms with Crippen LogP contribution in [0.25, 0.3) is 0 Å². The number of carbonyl (C=O) groups is 1. The van der Waals surface area contributed by atoms with E-state index in [9.17, 15) is 4.79 Å². The fourth-order valence-corrected chi connectivity index (χ4v) is 2.51. The molecule has 17 heavy (non-hydrogen) atoms. The molecule has 5 heteroatoms.